The molecule has 1 aromatic heterocycles. The van der Waals surface area contributed by atoms with E-state index in [1.54, 1.807) is 4.68 Å². The summed E-state index contributed by atoms with van der Waals surface area (Å²) in [5.41, 5.74) is 7.20. The topological polar surface area (TPSA) is 47.1 Å². The second-order valence-corrected chi connectivity index (χ2v) is 4.47. The van der Waals surface area contributed by atoms with E-state index in [0.29, 0.717) is 0 Å². The Morgan fingerprint density at radius 1 is 1.50 bits per heavy atom. The molecule has 0 radical (unpaired) electrons. The van der Waals surface area contributed by atoms with Gasteiger partial charge in [-0.1, -0.05) is 0 Å². The summed E-state index contributed by atoms with van der Waals surface area (Å²) < 4.78 is 1.78. The maximum absolute atomic E-state index is 6.19. The predicted octanol–water partition coefficient (Wildman–Crippen LogP) is 0.760. The van der Waals surface area contributed by atoms with Crippen molar-refractivity contribution in [3.63, 3.8) is 0 Å². The lowest BCUT2D eigenvalue weighted by Crippen LogP contribution is -2.47. The van der Waals surface area contributed by atoms with Crippen molar-refractivity contribution >= 4 is 0 Å². The molecule has 0 aliphatic carbocycles. The number of aryl methyl sites for hydroxylation is 1. The Labute approximate surface area is 85.7 Å². The SMILES string of the molecule is CN(C)C(C)(C)C(N)c1cnn(C)c1. The third-order valence-corrected chi connectivity index (χ3v) is 3.00. The summed E-state index contributed by atoms with van der Waals surface area (Å²) in [5.74, 6) is 0. The molecule has 1 aromatic rings. The molecule has 4 heteroatoms. The summed E-state index contributed by atoms with van der Waals surface area (Å²) >= 11 is 0. The highest BCUT2D eigenvalue weighted by Gasteiger charge is 2.30. The van der Waals surface area contributed by atoms with Crippen molar-refractivity contribution < 1.29 is 0 Å². The zero-order valence-electron chi connectivity index (χ0n) is 9.65. The van der Waals surface area contributed by atoms with Gasteiger partial charge in [0.15, 0.2) is 0 Å². The smallest absolute Gasteiger partial charge is 0.0538 e. The minimum Gasteiger partial charge on any atom is -0.322 e. The van der Waals surface area contributed by atoms with Crippen molar-refractivity contribution in [3.05, 3.63) is 18.0 Å². The summed E-state index contributed by atoms with van der Waals surface area (Å²) in [6.07, 6.45) is 3.80. The molecule has 0 bridgehead atoms. The fraction of sp³-hybridized carbons (Fsp3) is 0.700. The number of likely N-dealkylation sites (N-methyl/N-ethyl adjacent to an activating group) is 1. The zero-order valence-corrected chi connectivity index (χ0v) is 9.65. The first-order chi connectivity index (χ1) is 6.35. The van der Waals surface area contributed by atoms with Gasteiger partial charge in [0, 0.05) is 24.3 Å². The van der Waals surface area contributed by atoms with E-state index in [0.717, 1.165) is 5.56 Å². The van der Waals surface area contributed by atoms with Gasteiger partial charge in [-0.2, -0.15) is 5.10 Å². The summed E-state index contributed by atoms with van der Waals surface area (Å²) in [7, 11) is 5.98. The van der Waals surface area contributed by atoms with Gasteiger partial charge in [0.1, 0.15) is 0 Å². The minimum absolute atomic E-state index is 0.0220. The zero-order chi connectivity index (χ0) is 10.9. The van der Waals surface area contributed by atoms with Crippen LogP contribution >= 0.6 is 0 Å². The first-order valence-corrected chi connectivity index (χ1v) is 4.77. The van der Waals surface area contributed by atoms with Crippen LogP contribution < -0.4 is 5.73 Å². The van der Waals surface area contributed by atoms with Crippen LogP contribution in [-0.2, 0) is 7.05 Å². The lowest BCUT2D eigenvalue weighted by Gasteiger charge is -2.37. The van der Waals surface area contributed by atoms with Crippen molar-refractivity contribution in [1.29, 1.82) is 0 Å². The maximum atomic E-state index is 6.19. The number of hydrogen-bond acceptors (Lipinski definition) is 3. The predicted molar refractivity (Wildman–Crippen MR) is 57.9 cm³/mol. The summed E-state index contributed by atoms with van der Waals surface area (Å²) in [6.45, 7) is 4.26. The molecule has 1 heterocycles. The van der Waals surface area contributed by atoms with E-state index in [1.807, 2.05) is 33.5 Å². The molecule has 2 N–H and O–H groups in total. The number of rotatable bonds is 3. The monoisotopic (exact) mass is 196 g/mol. The summed E-state index contributed by atoms with van der Waals surface area (Å²) in [6, 6.07) is -0.0220. The standard InChI is InChI=1S/C10H20N4/c1-10(2,13(3)4)9(11)8-6-12-14(5)7-8/h6-7,9H,11H2,1-5H3. The largest absolute Gasteiger partial charge is 0.322 e. The highest BCUT2D eigenvalue weighted by Crippen LogP contribution is 2.26. The van der Waals surface area contributed by atoms with Crippen LogP contribution in [0, 0.1) is 0 Å². The van der Waals surface area contributed by atoms with E-state index in [2.05, 4.69) is 23.8 Å². The molecule has 1 rings (SSSR count). The van der Waals surface area contributed by atoms with Crippen molar-refractivity contribution in [3.8, 4) is 0 Å². The van der Waals surface area contributed by atoms with Crippen LogP contribution in [0.4, 0.5) is 0 Å². The number of hydrogen-bond donors (Lipinski definition) is 1. The van der Waals surface area contributed by atoms with E-state index in [-0.39, 0.29) is 11.6 Å². The summed E-state index contributed by atoms with van der Waals surface area (Å²) in [4.78, 5) is 2.13. The van der Waals surface area contributed by atoms with Crippen molar-refractivity contribution in [2.24, 2.45) is 12.8 Å². The van der Waals surface area contributed by atoms with Crippen LogP contribution in [0.25, 0.3) is 0 Å². The Balaban J connectivity index is 2.89. The molecule has 1 unspecified atom stereocenters. The fourth-order valence-electron chi connectivity index (χ4n) is 1.29. The van der Waals surface area contributed by atoms with Gasteiger partial charge in [0.25, 0.3) is 0 Å². The molecular weight excluding hydrogens is 176 g/mol. The van der Waals surface area contributed by atoms with Crippen molar-refractivity contribution in [2.45, 2.75) is 25.4 Å². The Bertz CT molecular complexity index is 301. The molecule has 0 saturated heterocycles. The second kappa shape index (κ2) is 3.71. The van der Waals surface area contributed by atoms with Gasteiger partial charge in [0.05, 0.1) is 12.2 Å². The van der Waals surface area contributed by atoms with Gasteiger partial charge in [-0.15, -0.1) is 0 Å². The Hall–Kier alpha value is -0.870. The van der Waals surface area contributed by atoms with E-state index in [1.165, 1.54) is 0 Å². The summed E-state index contributed by atoms with van der Waals surface area (Å²) in [5, 5.41) is 4.13. The molecule has 0 aliphatic heterocycles. The molecule has 0 fully saturated rings. The van der Waals surface area contributed by atoms with Gasteiger partial charge in [-0.05, 0) is 27.9 Å². The Kier molecular flexibility index (Phi) is 2.97. The van der Waals surface area contributed by atoms with E-state index in [9.17, 15) is 0 Å². The molecule has 80 valence electrons. The van der Waals surface area contributed by atoms with E-state index >= 15 is 0 Å². The lowest BCUT2D eigenvalue weighted by atomic mass is 9.90. The van der Waals surface area contributed by atoms with Crippen LogP contribution in [0.1, 0.15) is 25.5 Å². The minimum atomic E-state index is -0.0664. The molecule has 4 nitrogen and oxygen atoms in total. The van der Waals surface area contributed by atoms with Gasteiger partial charge < -0.3 is 10.6 Å². The molecule has 0 aromatic carbocycles. The average molecular weight is 196 g/mol. The Morgan fingerprint density at radius 2 is 2.07 bits per heavy atom. The number of aromatic nitrogens is 2. The fourth-order valence-corrected chi connectivity index (χ4v) is 1.29. The van der Waals surface area contributed by atoms with Gasteiger partial charge in [-0.3, -0.25) is 4.68 Å². The third kappa shape index (κ3) is 1.96. The first kappa shape index (κ1) is 11.2. The van der Waals surface area contributed by atoms with Crippen LogP contribution in [0.5, 0.6) is 0 Å². The third-order valence-electron chi connectivity index (χ3n) is 3.00. The van der Waals surface area contributed by atoms with Gasteiger partial charge in [-0.25, -0.2) is 0 Å². The van der Waals surface area contributed by atoms with E-state index in [4.69, 9.17) is 5.73 Å². The Morgan fingerprint density at radius 3 is 2.43 bits per heavy atom. The average Bonchev–Trinajstić information content (AvgIpc) is 2.50. The van der Waals surface area contributed by atoms with Crippen LogP contribution in [-0.4, -0.2) is 34.3 Å². The highest BCUT2D eigenvalue weighted by molar-refractivity contribution is 5.15. The lowest BCUT2D eigenvalue weighted by molar-refractivity contribution is 0.159. The van der Waals surface area contributed by atoms with Gasteiger partial charge in [0.2, 0.25) is 0 Å². The number of nitrogens with zero attached hydrogens (tertiary/aromatic N) is 3. The maximum Gasteiger partial charge on any atom is 0.0538 e. The van der Waals surface area contributed by atoms with Crippen LogP contribution in [0.2, 0.25) is 0 Å². The van der Waals surface area contributed by atoms with Crippen LogP contribution in [0.3, 0.4) is 0 Å². The quantitative estimate of drug-likeness (QED) is 0.776. The molecule has 14 heavy (non-hydrogen) atoms. The van der Waals surface area contributed by atoms with Crippen molar-refractivity contribution in [1.82, 2.24) is 14.7 Å². The molecule has 1 atom stereocenters. The molecular formula is C10H20N4. The molecule has 0 aliphatic rings. The number of nitrogens with two attached hydrogens (primary N) is 1. The van der Waals surface area contributed by atoms with Crippen LogP contribution in [0.15, 0.2) is 12.4 Å². The first-order valence-electron chi connectivity index (χ1n) is 4.77. The molecule has 0 amide bonds. The highest BCUT2D eigenvalue weighted by atomic mass is 15.2. The van der Waals surface area contributed by atoms with E-state index < -0.39 is 0 Å². The molecule has 0 spiro atoms. The normalized spacial score (nSPS) is 14.8. The second-order valence-electron chi connectivity index (χ2n) is 4.47. The van der Waals surface area contributed by atoms with Crippen molar-refractivity contribution in [2.75, 3.05) is 14.1 Å². The molecule has 0 saturated carbocycles. The van der Waals surface area contributed by atoms with Gasteiger partial charge >= 0.3 is 0 Å².